The lowest BCUT2D eigenvalue weighted by atomic mass is 9.87. The fourth-order valence-corrected chi connectivity index (χ4v) is 5.52. The maximum atomic E-state index is 15.3. The van der Waals surface area contributed by atoms with Crippen molar-refractivity contribution in [2.75, 3.05) is 11.9 Å². The number of alkyl halides is 3. The van der Waals surface area contributed by atoms with Gasteiger partial charge >= 0.3 is 6.18 Å². The summed E-state index contributed by atoms with van der Waals surface area (Å²) >= 11 is 0. The van der Waals surface area contributed by atoms with Crippen LogP contribution in [0.1, 0.15) is 81.4 Å². The van der Waals surface area contributed by atoms with Gasteiger partial charge in [0.2, 0.25) is 11.8 Å². The Morgan fingerprint density at radius 2 is 1.63 bits per heavy atom. The first-order chi connectivity index (χ1) is 19.3. The van der Waals surface area contributed by atoms with Gasteiger partial charge in [-0.1, -0.05) is 19.9 Å². The van der Waals surface area contributed by atoms with Gasteiger partial charge in [-0.15, -0.1) is 0 Å². The SMILES string of the molecule is CC(C)C(C(=O)NCC(F)(F)F)c1ccc(NC(=O)C(NC(=O)c2ccnn2C(C)C)C(C2CC2)C2CC2)c(F)c1. The molecule has 1 aromatic carbocycles. The molecule has 2 aliphatic rings. The van der Waals surface area contributed by atoms with Crippen LogP contribution in [0.3, 0.4) is 0 Å². The van der Waals surface area contributed by atoms with Crippen LogP contribution in [0.5, 0.6) is 0 Å². The van der Waals surface area contributed by atoms with Crippen LogP contribution in [0.25, 0.3) is 0 Å². The fourth-order valence-electron chi connectivity index (χ4n) is 5.52. The molecule has 0 spiro atoms. The molecule has 2 saturated carbocycles. The molecule has 12 heteroatoms. The van der Waals surface area contributed by atoms with Crippen LogP contribution in [0.2, 0.25) is 0 Å². The van der Waals surface area contributed by atoms with Gasteiger partial charge in [0, 0.05) is 12.2 Å². The third-order valence-corrected chi connectivity index (χ3v) is 7.70. The number of nitrogens with zero attached hydrogens (tertiary/aromatic N) is 2. The summed E-state index contributed by atoms with van der Waals surface area (Å²) in [7, 11) is 0. The first kappa shape index (κ1) is 30.5. The second-order valence-corrected chi connectivity index (χ2v) is 11.7. The van der Waals surface area contributed by atoms with E-state index >= 15 is 4.39 Å². The Hall–Kier alpha value is -3.44. The first-order valence-corrected chi connectivity index (χ1v) is 14.1. The number of anilines is 1. The summed E-state index contributed by atoms with van der Waals surface area (Å²) in [6.45, 7) is 5.60. The summed E-state index contributed by atoms with van der Waals surface area (Å²) in [5, 5.41) is 11.6. The number of nitrogens with one attached hydrogen (secondary N) is 3. The number of carbonyl (C=O) groups excluding carboxylic acids is 3. The molecule has 1 heterocycles. The van der Waals surface area contributed by atoms with E-state index in [0.717, 1.165) is 31.7 Å². The van der Waals surface area contributed by atoms with Gasteiger partial charge in [0.1, 0.15) is 24.1 Å². The van der Waals surface area contributed by atoms with Gasteiger partial charge in [0.25, 0.3) is 5.91 Å². The van der Waals surface area contributed by atoms with E-state index in [1.165, 1.54) is 18.3 Å². The second kappa shape index (κ2) is 12.2. The van der Waals surface area contributed by atoms with Gasteiger partial charge in [-0.3, -0.25) is 19.1 Å². The van der Waals surface area contributed by atoms with E-state index in [9.17, 15) is 27.6 Å². The van der Waals surface area contributed by atoms with Crippen molar-refractivity contribution in [2.45, 2.75) is 77.6 Å². The highest BCUT2D eigenvalue weighted by molar-refractivity contribution is 6.01. The Kier molecular flexibility index (Phi) is 9.08. The molecule has 3 amide bonds. The number of benzene rings is 1. The Labute approximate surface area is 236 Å². The zero-order valence-corrected chi connectivity index (χ0v) is 23.6. The van der Waals surface area contributed by atoms with E-state index in [2.05, 4.69) is 15.7 Å². The molecule has 0 bridgehead atoms. The number of rotatable bonds is 12. The zero-order valence-electron chi connectivity index (χ0n) is 23.6. The van der Waals surface area contributed by atoms with Crippen molar-refractivity contribution < 1.29 is 31.9 Å². The zero-order chi connectivity index (χ0) is 30.1. The fraction of sp³-hybridized carbons (Fsp3) is 0.586. The third-order valence-electron chi connectivity index (χ3n) is 7.70. The number of hydrogen-bond donors (Lipinski definition) is 3. The van der Waals surface area contributed by atoms with Crippen molar-refractivity contribution in [1.29, 1.82) is 0 Å². The standard InChI is InChI=1S/C29H37F4N5O3/c1-15(2)23(27(40)34-14-29(31,32)33)19-9-10-21(20(30)13-19)36-28(41)25(24(17-5-6-17)18-7-8-18)37-26(39)22-11-12-35-38(22)16(3)4/h9-13,15-18,23-25H,5-8,14H2,1-4H3,(H,34,40)(H,36,41)(H,37,39). The van der Waals surface area contributed by atoms with E-state index in [-0.39, 0.29) is 23.2 Å². The minimum Gasteiger partial charge on any atom is -0.346 e. The molecule has 2 fully saturated rings. The molecule has 41 heavy (non-hydrogen) atoms. The number of carbonyl (C=O) groups is 3. The predicted octanol–water partition coefficient (Wildman–Crippen LogP) is 5.19. The molecule has 2 atom stereocenters. The lowest BCUT2D eigenvalue weighted by molar-refractivity contribution is -0.139. The van der Waals surface area contributed by atoms with Crippen LogP contribution in [0.4, 0.5) is 23.2 Å². The maximum Gasteiger partial charge on any atom is 0.405 e. The van der Waals surface area contributed by atoms with Gasteiger partial charge < -0.3 is 16.0 Å². The molecule has 2 unspecified atom stereocenters. The molecule has 3 N–H and O–H groups in total. The second-order valence-electron chi connectivity index (χ2n) is 11.7. The van der Waals surface area contributed by atoms with Crippen molar-refractivity contribution in [2.24, 2.45) is 23.7 Å². The molecule has 0 saturated heterocycles. The normalized spacial score (nSPS) is 17.0. The highest BCUT2D eigenvalue weighted by atomic mass is 19.4. The lowest BCUT2D eigenvalue weighted by Crippen LogP contribution is -2.50. The van der Waals surface area contributed by atoms with E-state index in [4.69, 9.17) is 0 Å². The number of amides is 3. The summed E-state index contributed by atoms with van der Waals surface area (Å²) in [4.78, 5) is 39.4. The minimum atomic E-state index is -4.57. The summed E-state index contributed by atoms with van der Waals surface area (Å²) < 4.78 is 54.7. The predicted molar refractivity (Wildman–Crippen MR) is 144 cm³/mol. The molecule has 1 aromatic heterocycles. The molecular weight excluding hydrogens is 542 g/mol. The average molecular weight is 580 g/mol. The first-order valence-electron chi connectivity index (χ1n) is 14.1. The van der Waals surface area contributed by atoms with Gasteiger partial charge in [-0.05, 0) is 87.0 Å². The number of aromatic nitrogens is 2. The lowest BCUT2D eigenvalue weighted by Gasteiger charge is -2.28. The topological polar surface area (TPSA) is 105 Å². The van der Waals surface area contributed by atoms with E-state index in [0.29, 0.717) is 17.5 Å². The smallest absolute Gasteiger partial charge is 0.346 e. The van der Waals surface area contributed by atoms with Crippen molar-refractivity contribution in [3.05, 3.63) is 47.5 Å². The molecule has 224 valence electrons. The van der Waals surface area contributed by atoms with Gasteiger partial charge in [-0.25, -0.2) is 4.39 Å². The van der Waals surface area contributed by atoms with Crippen LogP contribution in [-0.4, -0.2) is 46.3 Å². The summed E-state index contributed by atoms with van der Waals surface area (Å²) in [6, 6.07) is 4.39. The molecule has 0 aliphatic heterocycles. The molecule has 4 rings (SSSR count). The average Bonchev–Trinajstić information content (AvgIpc) is 3.82. The van der Waals surface area contributed by atoms with Crippen LogP contribution in [-0.2, 0) is 9.59 Å². The Bertz CT molecular complexity index is 1260. The van der Waals surface area contributed by atoms with Crippen LogP contribution < -0.4 is 16.0 Å². The van der Waals surface area contributed by atoms with Gasteiger partial charge in [-0.2, -0.15) is 18.3 Å². The maximum absolute atomic E-state index is 15.3. The van der Waals surface area contributed by atoms with E-state index < -0.39 is 54.1 Å². The monoisotopic (exact) mass is 579 g/mol. The van der Waals surface area contributed by atoms with E-state index in [1.807, 2.05) is 19.2 Å². The molecule has 8 nitrogen and oxygen atoms in total. The molecule has 2 aliphatic carbocycles. The van der Waals surface area contributed by atoms with E-state index in [1.54, 1.807) is 24.6 Å². The van der Waals surface area contributed by atoms with Crippen LogP contribution in [0.15, 0.2) is 30.5 Å². The largest absolute Gasteiger partial charge is 0.405 e. The third kappa shape index (κ3) is 7.65. The number of halogens is 4. The quantitative estimate of drug-likeness (QED) is 0.301. The van der Waals surface area contributed by atoms with Gasteiger partial charge in [0.15, 0.2) is 0 Å². The highest BCUT2D eigenvalue weighted by Crippen LogP contribution is 2.51. The summed E-state index contributed by atoms with van der Waals surface area (Å²) in [6.07, 6.45) is 0.785. The summed E-state index contributed by atoms with van der Waals surface area (Å²) in [5.41, 5.74) is 0.367. The minimum absolute atomic E-state index is 0.0708. The number of hydrogen-bond acceptors (Lipinski definition) is 4. The van der Waals surface area contributed by atoms with Crippen LogP contribution >= 0.6 is 0 Å². The van der Waals surface area contributed by atoms with Crippen molar-refractivity contribution in [3.63, 3.8) is 0 Å². The van der Waals surface area contributed by atoms with Gasteiger partial charge in [0.05, 0.1) is 11.6 Å². The van der Waals surface area contributed by atoms with Crippen molar-refractivity contribution in [3.8, 4) is 0 Å². The molecular formula is C29H37F4N5O3. The van der Waals surface area contributed by atoms with Crippen LogP contribution in [0, 0.1) is 29.5 Å². The summed E-state index contributed by atoms with van der Waals surface area (Å²) in [5.74, 6) is -3.62. The molecule has 0 radical (unpaired) electrons. The highest BCUT2D eigenvalue weighted by Gasteiger charge is 2.48. The molecule has 2 aromatic rings. The van der Waals surface area contributed by atoms with Crippen molar-refractivity contribution in [1.82, 2.24) is 20.4 Å². The van der Waals surface area contributed by atoms with Crippen molar-refractivity contribution >= 4 is 23.4 Å². The Morgan fingerprint density at radius 3 is 2.15 bits per heavy atom. The Balaban J connectivity index is 1.54. The Morgan fingerprint density at radius 1 is 1.00 bits per heavy atom.